The van der Waals surface area contributed by atoms with Gasteiger partial charge in [-0.05, 0) is 37.5 Å². The van der Waals surface area contributed by atoms with Crippen LogP contribution in [0.1, 0.15) is 50.7 Å². The van der Waals surface area contributed by atoms with Gasteiger partial charge in [-0.15, -0.1) is 0 Å². The van der Waals surface area contributed by atoms with Crippen LogP contribution in [0.15, 0.2) is 24.3 Å². The molecule has 0 unspecified atom stereocenters. The third-order valence-corrected chi connectivity index (χ3v) is 3.68. The minimum absolute atomic E-state index is 0.0275. The molecule has 1 amide bonds. The minimum Gasteiger partial charge on any atom is -0.484 e. The standard InChI is InChI=1S/C16H23NO3/c1-12(18)13-6-5-9-15(10-13)20-11-16(19)17-14-7-3-2-4-8-14/h5-6,9-10,12,14,18H,2-4,7-8,11H2,1H3,(H,17,19)/t12-/m0/s1. The lowest BCUT2D eigenvalue weighted by molar-refractivity contribution is -0.124. The van der Waals surface area contributed by atoms with Gasteiger partial charge in [0.15, 0.2) is 6.61 Å². The van der Waals surface area contributed by atoms with E-state index in [1.54, 1.807) is 19.1 Å². The first kappa shape index (κ1) is 14.9. The Balaban J connectivity index is 1.79. The number of carbonyl (C=O) groups is 1. The van der Waals surface area contributed by atoms with Crippen LogP contribution in [0.4, 0.5) is 0 Å². The number of ether oxygens (including phenoxy) is 1. The summed E-state index contributed by atoms with van der Waals surface area (Å²) in [4.78, 5) is 11.8. The smallest absolute Gasteiger partial charge is 0.258 e. The summed E-state index contributed by atoms with van der Waals surface area (Å²) in [6.07, 6.45) is 5.28. The summed E-state index contributed by atoms with van der Waals surface area (Å²) in [7, 11) is 0. The summed E-state index contributed by atoms with van der Waals surface area (Å²) < 4.78 is 5.48. The molecule has 0 heterocycles. The van der Waals surface area contributed by atoms with Crippen molar-refractivity contribution in [2.75, 3.05) is 6.61 Å². The maximum Gasteiger partial charge on any atom is 0.258 e. The summed E-state index contributed by atoms with van der Waals surface area (Å²) in [5.74, 6) is 0.543. The summed E-state index contributed by atoms with van der Waals surface area (Å²) in [6.45, 7) is 1.73. The van der Waals surface area contributed by atoms with Gasteiger partial charge in [0.2, 0.25) is 0 Å². The fourth-order valence-corrected chi connectivity index (χ4v) is 2.53. The summed E-state index contributed by atoms with van der Waals surface area (Å²) in [5.41, 5.74) is 0.787. The second-order valence-electron chi connectivity index (χ2n) is 5.44. The highest BCUT2D eigenvalue weighted by atomic mass is 16.5. The number of rotatable bonds is 5. The fourth-order valence-electron chi connectivity index (χ4n) is 2.53. The lowest BCUT2D eigenvalue weighted by Crippen LogP contribution is -2.38. The number of aliphatic hydroxyl groups is 1. The highest BCUT2D eigenvalue weighted by Gasteiger charge is 2.15. The third-order valence-electron chi connectivity index (χ3n) is 3.68. The summed E-state index contributed by atoms with van der Waals surface area (Å²) >= 11 is 0. The number of hydrogen-bond acceptors (Lipinski definition) is 3. The van der Waals surface area contributed by atoms with Gasteiger partial charge in [-0.25, -0.2) is 0 Å². The molecule has 1 aliphatic carbocycles. The lowest BCUT2D eigenvalue weighted by Gasteiger charge is -2.22. The Hall–Kier alpha value is -1.55. The molecular formula is C16H23NO3. The van der Waals surface area contributed by atoms with Crippen LogP contribution in [0, 0.1) is 0 Å². The van der Waals surface area contributed by atoms with Gasteiger partial charge in [0.25, 0.3) is 5.91 Å². The summed E-state index contributed by atoms with van der Waals surface area (Å²) in [6, 6.07) is 7.51. The van der Waals surface area contributed by atoms with Crippen LogP contribution in [0.2, 0.25) is 0 Å². The van der Waals surface area contributed by atoms with Gasteiger partial charge in [0, 0.05) is 6.04 Å². The van der Waals surface area contributed by atoms with Gasteiger partial charge >= 0.3 is 0 Å². The average molecular weight is 277 g/mol. The molecule has 0 saturated heterocycles. The van der Waals surface area contributed by atoms with Crippen LogP contribution < -0.4 is 10.1 Å². The molecule has 0 bridgehead atoms. The van der Waals surface area contributed by atoms with Gasteiger partial charge in [-0.3, -0.25) is 4.79 Å². The van der Waals surface area contributed by atoms with E-state index in [4.69, 9.17) is 4.74 Å². The van der Waals surface area contributed by atoms with Crippen LogP contribution in [0.3, 0.4) is 0 Å². The molecule has 1 saturated carbocycles. The first-order valence-electron chi connectivity index (χ1n) is 7.35. The maximum atomic E-state index is 11.8. The molecule has 0 spiro atoms. The molecule has 4 nitrogen and oxygen atoms in total. The zero-order chi connectivity index (χ0) is 14.4. The Morgan fingerprint density at radius 3 is 2.85 bits per heavy atom. The topological polar surface area (TPSA) is 58.6 Å². The molecule has 0 aliphatic heterocycles. The zero-order valence-electron chi connectivity index (χ0n) is 12.0. The average Bonchev–Trinajstić information content (AvgIpc) is 2.46. The Morgan fingerprint density at radius 2 is 2.15 bits per heavy atom. The first-order valence-corrected chi connectivity index (χ1v) is 7.35. The molecule has 1 fully saturated rings. The molecule has 4 heteroatoms. The SMILES string of the molecule is C[C@H](O)c1cccc(OCC(=O)NC2CCCCC2)c1. The van der Waals surface area contributed by atoms with Crippen LogP contribution in [-0.2, 0) is 4.79 Å². The molecule has 20 heavy (non-hydrogen) atoms. The molecule has 1 aromatic rings. The van der Waals surface area contributed by atoms with E-state index < -0.39 is 6.10 Å². The Bertz CT molecular complexity index is 439. The first-order chi connectivity index (χ1) is 9.65. The zero-order valence-corrected chi connectivity index (χ0v) is 12.0. The second-order valence-corrected chi connectivity index (χ2v) is 5.44. The van der Waals surface area contributed by atoms with Crippen molar-refractivity contribution >= 4 is 5.91 Å². The quantitative estimate of drug-likeness (QED) is 0.869. The third kappa shape index (κ3) is 4.53. The highest BCUT2D eigenvalue weighted by molar-refractivity contribution is 5.77. The van der Waals surface area contributed by atoms with Crippen molar-refractivity contribution in [1.29, 1.82) is 0 Å². The highest BCUT2D eigenvalue weighted by Crippen LogP contribution is 2.19. The van der Waals surface area contributed by atoms with Crippen LogP contribution >= 0.6 is 0 Å². The van der Waals surface area contributed by atoms with Crippen molar-refractivity contribution in [3.8, 4) is 5.75 Å². The van der Waals surface area contributed by atoms with Crippen molar-refractivity contribution in [3.05, 3.63) is 29.8 Å². The van der Waals surface area contributed by atoms with E-state index in [9.17, 15) is 9.90 Å². The van der Waals surface area contributed by atoms with Gasteiger partial charge in [0.05, 0.1) is 6.10 Å². The van der Waals surface area contributed by atoms with E-state index in [0.717, 1.165) is 18.4 Å². The van der Waals surface area contributed by atoms with E-state index in [-0.39, 0.29) is 12.5 Å². The molecule has 1 aromatic carbocycles. The molecular weight excluding hydrogens is 254 g/mol. The van der Waals surface area contributed by atoms with E-state index >= 15 is 0 Å². The Labute approximate surface area is 120 Å². The predicted octanol–water partition coefficient (Wildman–Crippen LogP) is 2.57. The van der Waals surface area contributed by atoms with Gasteiger partial charge < -0.3 is 15.2 Å². The molecule has 1 atom stereocenters. The second kappa shape index (κ2) is 7.29. The normalized spacial score (nSPS) is 17.5. The molecule has 2 N–H and O–H groups in total. The largest absolute Gasteiger partial charge is 0.484 e. The van der Waals surface area contributed by atoms with Crippen LogP contribution in [-0.4, -0.2) is 23.7 Å². The predicted molar refractivity (Wildman–Crippen MR) is 77.6 cm³/mol. The molecule has 0 radical (unpaired) electrons. The van der Waals surface area contributed by atoms with Crippen molar-refractivity contribution in [2.45, 2.75) is 51.2 Å². The molecule has 2 rings (SSSR count). The number of benzene rings is 1. The fraction of sp³-hybridized carbons (Fsp3) is 0.562. The molecule has 0 aromatic heterocycles. The number of carbonyl (C=O) groups excluding carboxylic acids is 1. The lowest BCUT2D eigenvalue weighted by atomic mass is 9.95. The van der Waals surface area contributed by atoms with E-state index in [2.05, 4.69) is 5.32 Å². The van der Waals surface area contributed by atoms with Gasteiger partial charge in [-0.2, -0.15) is 0 Å². The number of hydrogen-bond donors (Lipinski definition) is 2. The van der Waals surface area contributed by atoms with Crippen LogP contribution in [0.25, 0.3) is 0 Å². The Kier molecular flexibility index (Phi) is 5.41. The minimum atomic E-state index is -0.533. The van der Waals surface area contributed by atoms with E-state index in [1.165, 1.54) is 19.3 Å². The Morgan fingerprint density at radius 1 is 1.40 bits per heavy atom. The molecule has 1 aliphatic rings. The van der Waals surface area contributed by atoms with Crippen molar-refractivity contribution < 1.29 is 14.6 Å². The summed E-state index contributed by atoms with van der Waals surface area (Å²) in [5, 5.41) is 12.5. The maximum absolute atomic E-state index is 11.8. The number of aliphatic hydroxyl groups excluding tert-OH is 1. The van der Waals surface area contributed by atoms with Crippen molar-refractivity contribution in [1.82, 2.24) is 5.32 Å². The van der Waals surface area contributed by atoms with Crippen molar-refractivity contribution in [2.24, 2.45) is 0 Å². The van der Waals surface area contributed by atoms with Gasteiger partial charge in [-0.1, -0.05) is 31.4 Å². The number of nitrogens with one attached hydrogen (secondary N) is 1. The van der Waals surface area contributed by atoms with E-state index in [1.807, 2.05) is 12.1 Å². The molecule has 110 valence electrons. The van der Waals surface area contributed by atoms with Crippen molar-refractivity contribution in [3.63, 3.8) is 0 Å². The van der Waals surface area contributed by atoms with Crippen LogP contribution in [0.5, 0.6) is 5.75 Å². The van der Waals surface area contributed by atoms with Gasteiger partial charge in [0.1, 0.15) is 5.75 Å². The van der Waals surface area contributed by atoms with E-state index in [0.29, 0.717) is 11.8 Å². The number of amides is 1. The monoisotopic (exact) mass is 277 g/mol.